The molecule has 1 N–H and O–H groups in total. The lowest BCUT2D eigenvalue weighted by atomic mass is 10.2. The van der Waals surface area contributed by atoms with Crippen LogP contribution in [0.5, 0.6) is 0 Å². The van der Waals surface area contributed by atoms with E-state index < -0.39 is 33.8 Å². The van der Waals surface area contributed by atoms with Crippen LogP contribution in [0.4, 0.5) is 13.2 Å². The molecule has 1 fully saturated rings. The number of cyclic esters (lactones) is 1. The topological polar surface area (TPSA) is 72.5 Å². The number of carbonyl (C=O) groups is 1. The fraction of sp³-hybridized carbons (Fsp3) is 0.364. The lowest BCUT2D eigenvalue weighted by Gasteiger charge is -2.11. The van der Waals surface area contributed by atoms with Crippen LogP contribution in [0.15, 0.2) is 29.2 Å². The van der Waals surface area contributed by atoms with Gasteiger partial charge in [-0.3, -0.25) is 4.79 Å². The fourth-order valence-electron chi connectivity index (χ4n) is 1.68. The third kappa shape index (κ3) is 3.10. The predicted octanol–water partition coefficient (Wildman–Crippen LogP) is 1.30. The van der Waals surface area contributed by atoms with Crippen molar-refractivity contribution in [2.45, 2.75) is 23.5 Å². The number of benzene rings is 1. The van der Waals surface area contributed by atoms with Crippen molar-refractivity contribution in [3.8, 4) is 0 Å². The zero-order chi connectivity index (χ0) is 15.0. The lowest BCUT2D eigenvalue weighted by Crippen LogP contribution is -2.37. The molecule has 0 spiro atoms. The van der Waals surface area contributed by atoms with Crippen LogP contribution in [0.3, 0.4) is 0 Å². The van der Waals surface area contributed by atoms with Crippen LogP contribution in [-0.4, -0.2) is 27.0 Å². The second-order valence-corrected chi connectivity index (χ2v) is 5.87. The van der Waals surface area contributed by atoms with Crippen LogP contribution >= 0.6 is 0 Å². The summed E-state index contributed by atoms with van der Waals surface area (Å²) in [6, 6.07) is 2.02. The number of esters is 1. The normalized spacial score (nSPS) is 19.9. The van der Waals surface area contributed by atoms with E-state index in [4.69, 9.17) is 0 Å². The fourth-order valence-corrected chi connectivity index (χ4v) is 2.90. The number of alkyl halides is 3. The van der Waals surface area contributed by atoms with Crippen molar-refractivity contribution >= 4 is 16.0 Å². The van der Waals surface area contributed by atoms with E-state index in [0.29, 0.717) is 12.1 Å². The quantitative estimate of drug-likeness (QED) is 0.854. The van der Waals surface area contributed by atoms with Gasteiger partial charge in [0.25, 0.3) is 0 Å². The molecule has 0 aromatic heterocycles. The summed E-state index contributed by atoms with van der Waals surface area (Å²) in [5.74, 6) is -0.694. The molecular weight excluding hydrogens is 299 g/mol. The van der Waals surface area contributed by atoms with E-state index in [2.05, 4.69) is 9.46 Å². The molecule has 1 aromatic carbocycles. The van der Waals surface area contributed by atoms with Crippen molar-refractivity contribution < 1.29 is 31.1 Å². The summed E-state index contributed by atoms with van der Waals surface area (Å²) in [7, 11) is -4.06. The highest BCUT2D eigenvalue weighted by molar-refractivity contribution is 7.89. The number of sulfonamides is 1. The molecule has 1 saturated heterocycles. The van der Waals surface area contributed by atoms with E-state index in [1.807, 2.05) is 0 Å². The number of hydrogen-bond acceptors (Lipinski definition) is 4. The van der Waals surface area contributed by atoms with E-state index >= 15 is 0 Å². The largest absolute Gasteiger partial charge is 0.464 e. The van der Waals surface area contributed by atoms with Gasteiger partial charge in [-0.05, 0) is 24.3 Å². The molecule has 110 valence electrons. The van der Waals surface area contributed by atoms with Crippen LogP contribution in [0.2, 0.25) is 0 Å². The third-order valence-corrected chi connectivity index (χ3v) is 4.21. The lowest BCUT2D eigenvalue weighted by molar-refractivity contribution is -0.139. The minimum absolute atomic E-state index is 0.110. The zero-order valence-electron chi connectivity index (χ0n) is 9.98. The van der Waals surface area contributed by atoms with Gasteiger partial charge in [-0.2, -0.15) is 17.9 Å². The minimum atomic E-state index is -4.54. The van der Waals surface area contributed by atoms with Crippen molar-refractivity contribution in [1.82, 2.24) is 4.72 Å². The smallest absolute Gasteiger partial charge is 0.416 e. The Hall–Kier alpha value is -1.61. The van der Waals surface area contributed by atoms with Crippen LogP contribution in [0, 0.1) is 0 Å². The molecule has 9 heteroatoms. The molecule has 20 heavy (non-hydrogen) atoms. The molecule has 1 aliphatic heterocycles. The van der Waals surface area contributed by atoms with Gasteiger partial charge in [0.05, 0.1) is 17.1 Å². The molecule has 0 bridgehead atoms. The standard InChI is InChI=1S/C11H10F3NO4S/c12-11(13,14)7-1-3-8(4-2-7)20(17,18)15-9-5-6-19-10(9)16/h1-4,9,15H,5-6H2. The summed E-state index contributed by atoms with van der Waals surface area (Å²) in [6.07, 6.45) is -4.34. The van der Waals surface area contributed by atoms with Crippen LogP contribution in [0.1, 0.15) is 12.0 Å². The number of nitrogens with one attached hydrogen (secondary N) is 1. The average molecular weight is 309 g/mol. The number of hydrogen-bond donors (Lipinski definition) is 1. The van der Waals surface area contributed by atoms with Gasteiger partial charge in [0.15, 0.2) is 0 Å². The summed E-state index contributed by atoms with van der Waals surface area (Å²) < 4.78 is 67.6. The summed E-state index contributed by atoms with van der Waals surface area (Å²) in [5.41, 5.74) is -0.947. The van der Waals surface area contributed by atoms with Crippen LogP contribution in [-0.2, 0) is 25.7 Å². The van der Waals surface area contributed by atoms with Crippen LogP contribution in [0.25, 0.3) is 0 Å². The first kappa shape index (κ1) is 14.8. The first-order valence-electron chi connectivity index (χ1n) is 5.56. The van der Waals surface area contributed by atoms with Gasteiger partial charge < -0.3 is 4.74 Å². The van der Waals surface area contributed by atoms with Gasteiger partial charge in [-0.15, -0.1) is 0 Å². The van der Waals surface area contributed by atoms with Gasteiger partial charge in [-0.25, -0.2) is 8.42 Å². The van der Waals surface area contributed by atoms with Gasteiger partial charge in [0.2, 0.25) is 10.0 Å². The Morgan fingerprint density at radius 2 is 1.80 bits per heavy atom. The Kier molecular flexibility index (Phi) is 3.74. The summed E-state index contributed by atoms with van der Waals surface area (Å²) in [4.78, 5) is 10.8. The predicted molar refractivity (Wildman–Crippen MR) is 61.1 cm³/mol. The molecule has 0 radical (unpaired) electrons. The summed E-state index contributed by atoms with van der Waals surface area (Å²) in [6.45, 7) is 0.110. The number of ether oxygens (including phenoxy) is 1. The first-order chi connectivity index (χ1) is 9.20. The Balaban J connectivity index is 2.19. The summed E-state index contributed by atoms with van der Waals surface area (Å²) in [5, 5.41) is 0. The second-order valence-electron chi connectivity index (χ2n) is 4.15. The minimum Gasteiger partial charge on any atom is -0.464 e. The molecule has 2 rings (SSSR count). The van der Waals surface area contributed by atoms with Crippen molar-refractivity contribution in [3.05, 3.63) is 29.8 Å². The molecule has 1 unspecified atom stereocenters. The van der Waals surface area contributed by atoms with E-state index in [-0.39, 0.29) is 17.9 Å². The van der Waals surface area contributed by atoms with Gasteiger partial charge >= 0.3 is 12.1 Å². The van der Waals surface area contributed by atoms with Crippen molar-refractivity contribution in [2.24, 2.45) is 0 Å². The Morgan fingerprint density at radius 1 is 1.20 bits per heavy atom. The van der Waals surface area contributed by atoms with E-state index in [9.17, 15) is 26.4 Å². The van der Waals surface area contributed by atoms with Crippen LogP contribution < -0.4 is 4.72 Å². The number of halogens is 3. The maximum absolute atomic E-state index is 12.4. The number of rotatable bonds is 3. The first-order valence-corrected chi connectivity index (χ1v) is 7.05. The van der Waals surface area contributed by atoms with Gasteiger partial charge in [0.1, 0.15) is 6.04 Å². The van der Waals surface area contributed by atoms with Gasteiger partial charge in [0, 0.05) is 6.42 Å². The monoisotopic (exact) mass is 309 g/mol. The second kappa shape index (κ2) is 5.06. The van der Waals surface area contributed by atoms with E-state index in [0.717, 1.165) is 12.1 Å². The van der Waals surface area contributed by atoms with Crippen molar-refractivity contribution in [1.29, 1.82) is 0 Å². The molecule has 1 atom stereocenters. The maximum Gasteiger partial charge on any atom is 0.416 e. The average Bonchev–Trinajstić information content (AvgIpc) is 2.73. The van der Waals surface area contributed by atoms with Crippen molar-refractivity contribution in [3.63, 3.8) is 0 Å². The zero-order valence-corrected chi connectivity index (χ0v) is 10.8. The molecule has 1 aromatic rings. The molecular formula is C11H10F3NO4S. The molecule has 0 saturated carbocycles. The summed E-state index contributed by atoms with van der Waals surface area (Å²) >= 11 is 0. The third-order valence-electron chi connectivity index (χ3n) is 2.72. The molecule has 1 heterocycles. The molecule has 5 nitrogen and oxygen atoms in total. The highest BCUT2D eigenvalue weighted by Gasteiger charge is 2.33. The number of carbonyl (C=O) groups excluding carboxylic acids is 1. The Bertz CT molecular complexity index is 610. The van der Waals surface area contributed by atoms with Gasteiger partial charge in [-0.1, -0.05) is 0 Å². The van der Waals surface area contributed by atoms with Crippen molar-refractivity contribution in [2.75, 3.05) is 6.61 Å². The van der Waals surface area contributed by atoms with E-state index in [1.54, 1.807) is 0 Å². The SMILES string of the molecule is O=C1OCCC1NS(=O)(=O)c1ccc(C(F)(F)F)cc1. The Morgan fingerprint density at radius 3 is 2.25 bits per heavy atom. The molecule has 0 aliphatic carbocycles. The maximum atomic E-state index is 12.4. The highest BCUT2D eigenvalue weighted by Crippen LogP contribution is 2.29. The molecule has 1 aliphatic rings. The molecule has 0 amide bonds. The Labute approximate surface area is 112 Å². The highest BCUT2D eigenvalue weighted by atomic mass is 32.2. The van der Waals surface area contributed by atoms with E-state index in [1.165, 1.54) is 0 Å².